The summed E-state index contributed by atoms with van der Waals surface area (Å²) in [6.07, 6.45) is 0. The number of carbonyl (C=O) groups excluding carboxylic acids is 2. The molecule has 2 amide bonds. The molecule has 148 valence electrons. The zero-order valence-corrected chi connectivity index (χ0v) is 16.5. The highest BCUT2D eigenvalue weighted by Gasteiger charge is 2.11. The van der Waals surface area contributed by atoms with Gasteiger partial charge in [0.15, 0.2) is 6.61 Å². The number of hydrogen-bond donors (Lipinski definition) is 2. The Bertz CT molecular complexity index is 969. The van der Waals surface area contributed by atoms with Gasteiger partial charge in [0.05, 0.1) is 6.04 Å². The van der Waals surface area contributed by atoms with Gasteiger partial charge in [0, 0.05) is 11.3 Å². The molecule has 29 heavy (non-hydrogen) atoms. The minimum atomic E-state index is -0.263. The molecular formula is C24H24N2O3. The second-order valence-corrected chi connectivity index (χ2v) is 6.84. The normalized spacial score (nSPS) is 11.4. The molecule has 0 saturated carbocycles. The SMILES string of the molecule is Cc1cccc(OCC(=O)Nc2ccc(C(=O)NC(C)c3ccccc3)cc2)c1. The number of hydrogen-bond acceptors (Lipinski definition) is 3. The van der Waals surface area contributed by atoms with Gasteiger partial charge in [-0.3, -0.25) is 9.59 Å². The molecule has 0 aliphatic heterocycles. The molecule has 2 N–H and O–H groups in total. The average Bonchev–Trinajstić information content (AvgIpc) is 2.73. The van der Waals surface area contributed by atoms with Crippen LogP contribution in [0.3, 0.4) is 0 Å². The Kier molecular flexibility index (Phi) is 6.63. The highest BCUT2D eigenvalue weighted by molar-refractivity contribution is 5.96. The Morgan fingerprint density at radius 3 is 2.34 bits per heavy atom. The van der Waals surface area contributed by atoms with Gasteiger partial charge in [0.25, 0.3) is 11.8 Å². The van der Waals surface area contributed by atoms with Gasteiger partial charge >= 0.3 is 0 Å². The van der Waals surface area contributed by atoms with Crippen LogP contribution in [0.1, 0.15) is 34.5 Å². The van der Waals surface area contributed by atoms with E-state index in [4.69, 9.17) is 4.74 Å². The monoisotopic (exact) mass is 388 g/mol. The Morgan fingerprint density at radius 2 is 1.66 bits per heavy atom. The molecule has 0 fully saturated rings. The summed E-state index contributed by atoms with van der Waals surface area (Å²) in [6.45, 7) is 3.82. The van der Waals surface area contributed by atoms with Crippen molar-refractivity contribution in [2.75, 3.05) is 11.9 Å². The number of nitrogens with one attached hydrogen (secondary N) is 2. The number of benzene rings is 3. The highest BCUT2D eigenvalue weighted by Crippen LogP contribution is 2.15. The van der Waals surface area contributed by atoms with Crippen LogP contribution in [0.4, 0.5) is 5.69 Å². The summed E-state index contributed by atoms with van der Waals surface area (Å²) < 4.78 is 5.49. The first-order valence-electron chi connectivity index (χ1n) is 9.46. The molecule has 0 saturated heterocycles. The van der Waals surface area contributed by atoms with Crippen LogP contribution in [0.15, 0.2) is 78.9 Å². The second kappa shape index (κ2) is 9.55. The number of ether oxygens (including phenoxy) is 1. The number of aryl methyl sites for hydroxylation is 1. The molecular weight excluding hydrogens is 364 g/mol. The van der Waals surface area contributed by atoms with Gasteiger partial charge in [-0.25, -0.2) is 0 Å². The van der Waals surface area contributed by atoms with E-state index in [9.17, 15) is 9.59 Å². The van der Waals surface area contributed by atoms with Crippen molar-refractivity contribution in [2.45, 2.75) is 19.9 Å². The lowest BCUT2D eigenvalue weighted by atomic mass is 10.1. The lowest BCUT2D eigenvalue weighted by molar-refractivity contribution is -0.118. The zero-order chi connectivity index (χ0) is 20.6. The van der Waals surface area contributed by atoms with E-state index < -0.39 is 0 Å². The Hall–Kier alpha value is -3.60. The van der Waals surface area contributed by atoms with Crippen LogP contribution < -0.4 is 15.4 Å². The summed E-state index contributed by atoms with van der Waals surface area (Å²) in [5.41, 5.74) is 3.24. The van der Waals surface area contributed by atoms with Gasteiger partial charge in [-0.05, 0) is 61.4 Å². The van der Waals surface area contributed by atoms with Crippen LogP contribution in [-0.4, -0.2) is 18.4 Å². The van der Waals surface area contributed by atoms with Crippen molar-refractivity contribution in [1.82, 2.24) is 5.32 Å². The van der Waals surface area contributed by atoms with Crippen molar-refractivity contribution in [3.63, 3.8) is 0 Å². The molecule has 5 nitrogen and oxygen atoms in total. The van der Waals surface area contributed by atoms with Crippen LogP contribution in [0.25, 0.3) is 0 Å². The fourth-order valence-corrected chi connectivity index (χ4v) is 2.86. The largest absolute Gasteiger partial charge is 0.484 e. The van der Waals surface area contributed by atoms with Crippen molar-refractivity contribution in [3.8, 4) is 5.75 Å². The molecule has 1 unspecified atom stereocenters. The number of carbonyl (C=O) groups is 2. The van der Waals surface area contributed by atoms with E-state index in [2.05, 4.69) is 10.6 Å². The molecule has 0 aliphatic carbocycles. The molecule has 3 aromatic rings. The van der Waals surface area contributed by atoms with Gasteiger partial charge < -0.3 is 15.4 Å². The van der Waals surface area contributed by atoms with Gasteiger partial charge in [0.1, 0.15) is 5.75 Å². The molecule has 0 radical (unpaired) electrons. The Morgan fingerprint density at radius 1 is 0.931 bits per heavy atom. The van der Waals surface area contributed by atoms with Crippen molar-refractivity contribution in [2.24, 2.45) is 0 Å². The van der Waals surface area contributed by atoms with Crippen LogP contribution in [0, 0.1) is 6.92 Å². The molecule has 0 heterocycles. The summed E-state index contributed by atoms with van der Waals surface area (Å²) >= 11 is 0. The molecule has 1 atom stereocenters. The summed E-state index contributed by atoms with van der Waals surface area (Å²) in [4.78, 5) is 24.5. The van der Waals surface area contributed by atoms with Crippen molar-refractivity contribution in [1.29, 1.82) is 0 Å². The van der Waals surface area contributed by atoms with Gasteiger partial charge in [0.2, 0.25) is 0 Å². The Balaban J connectivity index is 1.51. The Labute approximate surface area is 170 Å². The van der Waals surface area contributed by atoms with Gasteiger partial charge in [-0.1, -0.05) is 42.5 Å². The van der Waals surface area contributed by atoms with E-state index >= 15 is 0 Å². The van der Waals surface area contributed by atoms with Crippen molar-refractivity contribution >= 4 is 17.5 Å². The summed E-state index contributed by atoms with van der Waals surface area (Å²) in [6, 6.07) is 24.0. The third-order valence-electron chi connectivity index (χ3n) is 4.44. The minimum absolute atomic E-state index is 0.0831. The molecule has 3 rings (SSSR count). The van der Waals surface area contributed by atoms with Crippen LogP contribution in [-0.2, 0) is 4.79 Å². The van der Waals surface area contributed by atoms with Crippen LogP contribution in [0.2, 0.25) is 0 Å². The third kappa shape index (κ3) is 5.94. The smallest absolute Gasteiger partial charge is 0.262 e. The predicted molar refractivity (Wildman–Crippen MR) is 114 cm³/mol. The number of amides is 2. The standard InChI is InChI=1S/C24H24N2O3/c1-17-7-6-10-22(15-17)29-16-23(27)26-21-13-11-20(12-14-21)24(28)25-18(2)19-8-4-3-5-9-19/h3-15,18H,16H2,1-2H3,(H,25,28)(H,26,27). The van der Waals surface area contributed by atoms with Crippen molar-refractivity contribution in [3.05, 3.63) is 95.6 Å². The maximum Gasteiger partial charge on any atom is 0.262 e. The van der Waals surface area contributed by atoms with E-state index in [0.29, 0.717) is 17.0 Å². The maximum absolute atomic E-state index is 12.4. The van der Waals surface area contributed by atoms with E-state index in [1.165, 1.54) is 0 Å². The summed E-state index contributed by atoms with van der Waals surface area (Å²) in [5.74, 6) is 0.225. The fraction of sp³-hybridized carbons (Fsp3) is 0.167. The first-order chi connectivity index (χ1) is 14.0. The molecule has 5 heteroatoms. The number of rotatable bonds is 7. The topological polar surface area (TPSA) is 67.4 Å². The highest BCUT2D eigenvalue weighted by atomic mass is 16.5. The molecule has 0 bridgehead atoms. The average molecular weight is 388 g/mol. The van der Waals surface area contributed by atoms with Gasteiger partial charge in [-0.15, -0.1) is 0 Å². The lowest BCUT2D eigenvalue weighted by Crippen LogP contribution is -2.26. The zero-order valence-electron chi connectivity index (χ0n) is 16.5. The molecule has 0 aromatic heterocycles. The predicted octanol–water partition coefficient (Wildman–Crippen LogP) is 4.50. The third-order valence-corrected chi connectivity index (χ3v) is 4.44. The summed E-state index contributed by atoms with van der Waals surface area (Å²) in [5, 5.41) is 5.73. The van der Waals surface area contributed by atoms with Crippen LogP contribution in [0.5, 0.6) is 5.75 Å². The van der Waals surface area contributed by atoms with E-state index in [1.54, 1.807) is 24.3 Å². The maximum atomic E-state index is 12.4. The molecule has 3 aromatic carbocycles. The minimum Gasteiger partial charge on any atom is -0.484 e. The van der Waals surface area contributed by atoms with Crippen molar-refractivity contribution < 1.29 is 14.3 Å². The molecule has 0 spiro atoms. The molecule has 0 aliphatic rings. The lowest BCUT2D eigenvalue weighted by Gasteiger charge is -2.14. The van der Waals surface area contributed by atoms with E-state index in [0.717, 1.165) is 11.1 Å². The number of anilines is 1. The van der Waals surface area contributed by atoms with E-state index in [1.807, 2.05) is 68.4 Å². The van der Waals surface area contributed by atoms with Gasteiger partial charge in [-0.2, -0.15) is 0 Å². The van der Waals surface area contributed by atoms with Crippen LogP contribution >= 0.6 is 0 Å². The quantitative estimate of drug-likeness (QED) is 0.626. The fourth-order valence-electron chi connectivity index (χ4n) is 2.86. The van der Waals surface area contributed by atoms with E-state index in [-0.39, 0.29) is 24.5 Å². The first-order valence-corrected chi connectivity index (χ1v) is 9.46. The first kappa shape index (κ1) is 20.1. The summed E-state index contributed by atoms with van der Waals surface area (Å²) in [7, 11) is 0. The second-order valence-electron chi connectivity index (χ2n) is 6.84.